The van der Waals surface area contributed by atoms with E-state index in [0.29, 0.717) is 24.3 Å². The molecule has 6 aliphatic rings. The fourth-order valence-corrected chi connectivity index (χ4v) is 10.2. The first kappa shape index (κ1) is 23.1. The van der Waals surface area contributed by atoms with E-state index in [9.17, 15) is 8.78 Å². The molecule has 3 aliphatic carbocycles. The normalized spacial score (nSPS) is 44.4. The summed E-state index contributed by atoms with van der Waals surface area (Å²) < 4.78 is 35.6. The van der Waals surface area contributed by atoms with E-state index >= 15 is 0 Å². The number of pyridine rings is 1. The number of aromatic nitrogens is 1. The molecular weight excluding hydrogens is 466 g/mol. The molecule has 1 aromatic heterocycles. The van der Waals surface area contributed by atoms with Crippen LogP contribution in [0.2, 0.25) is 0 Å². The van der Waals surface area contributed by atoms with Crippen LogP contribution in [0.3, 0.4) is 0 Å². The van der Waals surface area contributed by atoms with Crippen molar-refractivity contribution in [3.05, 3.63) is 53.9 Å². The average molecular weight is 505 g/mol. The lowest BCUT2D eigenvalue weighted by Crippen LogP contribution is -2.58. The van der Waals surface area contributed by atoms with Gasteiger partial charge in [-0.25, -0.2) is 8.78 Å². The molecular formula is C32H38F2N2O. The van der Waals surface area contributed by atoms with Gasteiger partial charge in [0.05, 0.1) is 17.7 Å². The molecule has 3 nitrogen and oxygen atoms in total. The van der Waals surface area contributed by atoms with E-state index in [4.69, 9.17) is 4.74 Å². The monoisotopic (exact) mass is 504 g/mol. The van der Waals surface area contributed by atoms with Crippen molar-refractivity contribution in [2.45, 2.75) is 100 Å². The lowest BCUT2D eigenvalue weighted by Gasteiger charge is -2.58. The molecule has 3 saturated carbocycles. The van der Waals surface area contributed by atoms with Crippen LogP contribution in [0.1, 0.15) is 82.6 Å². The van der Waals surface area contributed by atoms with Gasteiger partial charge in [0.1, 0.15) is 0 Å². The summed E-state index contributed by atoms with van der Waals surface area (Å²) in [6, 6.07) is 9.35. The molecule has 2 bridgehead atoms. The van der Waals surface area contributed by atoms with Gasteiger partial charge in [0.15, 0.2) is 0 Å². The molecule has 2 spiro atoms. The Labute approximate surface area is 218 Å². The second kappa shape index (κ2) is 7.63. The molecule has 2 aromatic rings. The summed E-state index contributed by atoms with van der Waals surface area (Å²) in [6.45, 7) is 3.02. The van der Waals surface area contributed by atoms with Crippen molar-refractivity contribution in [3.63, 3.8) is 0 Å². The van der Waals surface area contributed by atoms with Gasteiger partial charge in [0.25, 0.3) is 5.92 Å². The van der Waals surface area contributed by atoms with E-state index in [1.807, 2.05) is 12.4 Å². The van der Waals surface area contributed by atoms with Gasteiger partial charge < -0.3 is 4.74 Å². The third-order valence-electron chi connectivity index (χ3n) is 11.9. The van der Waals surface area contributed by atoms with Crippen molar-refractivity contribution >= 4 is 10.8 Å². The van der Waals surface area contributed by atoms with Gasteiger partial charge >= 0.3 is 0 Å². The second-order valence-electron chi connectivity index (χ2n) is 13.5. The van der Waals surface area contributed by atoms with Crippen LogP contribution < -0.4 is 0 Å². The van der Waals surface area contributed by atoms with Crippen molar-refractivity contribution in [3.8, 4) is 0 Å². The van der Waals surface area contributed by atoms with Gasteiger partial charge in [-0.1, -0.05) is 25.1 Å². The van der Waals surface area contributed by atoms with Gasteiger partial charge in [-0.15, -0.1) is 0 Å². The molecule has 196 valence electrons. The molecule has 0 amide bonds. The standard InChI is InChI=1S/C32H38F2N2O/c1-29-10-8-25-17-24-4-5-26(36-15-13-31(33,34)20-36)18-30(24)11-12-32(25,37-30)28(29)7-6-27(29)22-3-2-21-9-14-35-19-23(21)16-22/h2-3,9,14,16-17,19,25-28H,4-8,10-13,15,18,20H2,1H3/t25?,26?,27?,28-,29?,30-,32-/m1/s1. The zero-order chi connectivity index (χ0) is 25.0. The first-order valence-corrected chi connectivity index (χ1v) is 14.7. The van der Waals surface area contributed by atoms with Crippen molar-refractivity contribution in [1.82, 2.24) is 9.88 Å². The topological polar surface area (TPSA) is 25.4 Å². The first-order chi connectivity index (χ1) is 17.8. The quantitative estimate of drug-likeness (QED) is 0.402. The van der Waals surface area contributed by atoms with Crippen LogP contribution in [0.25, 0.3) is 10.8 Å². The number of hydrogen-bond acceptors (Lipinski definition) is 3. The number of hydrogen-bond donors (Lipinski definition) is 0. The Kier molecular flexibility index (Phi) is 4.76. The molecule has 1 aromatic carbocycles. The molecule has 8 rings (SSSR count). The summed E-state index contributed by atoms with van der Waals surface area (Å²) in [4.78, 5) is 6.45. The first-order valence-electron chi connectivity index (χ1n) is 14.7. The average Bonchev–Trinajstić information content (AvgIpc) is 3.54. The van der Waals surface area contributed by atoms with Gasteiger partial charge in [-0.2, -0.15) is 0 Å². The number of halogens is 2. The zero-order valence-corrected chi connectivity index (χ0v) is 21.9. The van der Waals surface area contributed by atoms with Gasteiger partial charge in [0, 0.05) is 42.7 Å². The number of rotatable bonds is 2. The maximum absolute atomic E-state index is 14.1. The van der Waals surface area contributed by atoms with Crippen LogP contribution >= 0.6 is 0 Å². The predicted octanol–water partition coefficient (Wildman–Crippen LogP) is 7.27. The van der Waals surface area contributed by atoms with E-state index in [1.54, 1.807) is 0 Å². The van der Waals surface area contributed by atoms with E-state index in [-0.39, 0.29) is 35.6 Å². The highest BCUT2D eigenvalue weighted by atomic mass is 19.3. The third kappa shape index (κ3) is 3.19. The Balaban J connectivity index is 1.11. The minimum atomic E-state index is -2.52. The van der Waals surface area contributed by atoms with Gasteiger partial charge in [-0.05, 0) is 104 Å². The Hall–Kier alpha value is -1.85. The molecule has 0 N–H and O–H groups in total. The smallest absolute Gasteiger partial charge is 0.261 e. The second-order valence-corrected chi connectivity index (χ2v) is 13.5. The van der Waals surface area contributed by atoms with Crippen LogP contribution in [0.4, 0.5) is 8.78 Å². The highest BCUT2D eigenvalue weighted by molar-refractivity contribution is 5.82. The fourth-order valence-electron chi connectivity index (χ4n) is 10.2. The summed E-state index contributed by atoms with van der Waals surface area (Å²) in [6.07, 6.45) is 16.6. The number of alkyl halides is 2. The third-order valence-corrected chi connectivity index (χ3v) is 11.9. The number of likely N-dealkylation sites (tertiary alicyclic amines) is 1. The van der Waals surface area contributed by atoms with Gasteiger partial charge in [0.2, 0.25) is 0 Å². The highest BCUT2D eigenvalue weighted by Gasteiger charge is 2.68. The van der Waals surface area contributed by atoms with E-state index in [2.05, 4.69) is 47.1 Å². The summed E-state index contributed by atoms with van der Waals surface area (Å²) in [7, 11) is 0. The zero-order valence-electron chi connectivity index (χ0n) is 21.9. The highest BCUT2D eigenvalue weighted by Crippen LogP contribution is 2.70. The molecule has 7 atom stereocenters. The lowest BCUT2D eigenvalue weighted by molar-refractivity contribution is -0.198. The van der Waals surface area contributed by atoms with Crippen LogP contribution in [0, 0.1) is 17.3 Å². The van der Waals surface area contributed by atoms with E-state index in [1.165, 1.54) is 47.6 Å². The van der Waals surface area contributed by atoms with Crippen molar-refractivity contribution in [1.29, 1.82) is 0 Å². The SMILES string of the molecule is CC12CCC3C=C4CCC(N5CCC(F)(F)C5)C[C@]45CC[C@]3(O5)[C@@H]1CCC2c1ccc2ccncc2c1. The Bertz CT molecular complexity index is 1290. The molecule has 2 saturated heterocycles. The van der Waals surface area contributed by atoms with E-state index in [0.717, 1.165) is 32.1 Å². The number of nitrogens with zero attached hydrogens (tertiary/aromatic N) is 2. The molecule has 5 heteroatoms. The number of ether oxygens (including phenoxy) is 1. The molecule has 5 fully saturated rings. The summed E-state index contributed by atoms with van der Waals surface area (Å²) >= 11 is 0. The fraction of sp³-hybridized carbons (Fsp3) is 0.656. The minimum Gasteiger partial charge on any atom is -0.363 e. The van der Waals surface area contributed by atoms with E-state index < -0.39 is 5.92 Å². The Morgan fingerprint density at radius 3 is 2.78 bits per heavy atom. The van der Waals surface area contributed by atoms with Crippen molar-refractivity contribution < 1.29 is 13.5 Å². The largest absolute Gasteiger partial charge is 0.363 e. The van der Waals surface area contributed by atoms with Crippen LogP contribution in [-0.4, -0.2) is 46.1 Å². The molecule has 4 unspecified atom stereocenters. The van der Waals surface area contributed by atoms with Gasteiger partial charge in [-0.3, -0.25) is 9.88 Å². The van der Waals surface area contributed by atoms with Crippen LogP contribution in [0.5, 0.6) is 0 Å². The molecule has 4 heterocycles. The van der Waals surface area contributed by atoms with Crippen LogP contribution in [0.15, 0.2) is 48.3 Å². The van der Waals surface area contributed by atoms with Crippen molar-refractivity contribution in [2.75, 3.05) is 13.1 Å². The Morgan fingerprint density at radius 1 is 1.00 bits per heavy atom. The van der Waals surface area contributed by atoms with Crippen molar-refractivity contribution in [2.24, 2.45) is 17.3 Å². The predicted molar refractivity (Wildman–Crippen MR) is 141 cm³/mol. The molecule has 37 heavy (non-hydrogen) atoms. The number of fused-ring (bicyclic) bond motifs is 2. The maximum atomic E-state index is 14.1. The van der Waals surface area contributed by atoms with Crippen LogP contribution in [-0.2, 0) is 4.74 Å². The lowest BCUT2D eigenvalue weighted by atomic mass is 9.54. The summed E-state index contributed by atoms with van der Waals surface area (Å²) in [5.74, 6) is -0.897. The Morgan fingerprint density at radius 2 is 1.92 bits per heavy atom. The maximum Gasteiger partial charge on any atom is 0.261 e. The summed E-state index contributed by atoms with van der Waals surface area (Å²) in [5.41, 5.74) is 2.93. The summed E-state index contributed by atoms with van der Waals surface area (Å²) in [5, 5.41) is 2.50. The molecule has 3 aliphatic heterocycles. The molecule has 0 radical (unpaired) electrons. The minimum absolute atomic E-state index is 0.0126. The number of benzene rings is 1.